The average molecular weight is 229 g/mol. The van der Waals surface area contributed by atoms with E-state index in [0.29, 0.717) is 26.3 Å². The molecule has 2 aliphatic heterocycles. The zero-order valence-electron chi connectivity index (χ0n) is 9.35. The SMILES string of the molecule is NC(=O)C(N)CN1CCCC2(C1)OCCO2. The molecule has 16 heavy (non-hydrogen) atoms. The summed E-state index contributed by atoms with van der Waals surface area (Å²) in [7, 11) is 0. The Morgan fingerprint density at radius 1 is 1.44 bits per heavy atom. The molecule has 4 N–H and O–H groups in total. The Kier molecular flexibility index (Phi) is 3.44. The van der Waals surface area contributed by atoms with E-state index in [2.05, 4.69) is 4.90 Å². The van der Waals surface area contributed by atoms with Crippen LogP contribution in [-0.4, -0.2) is 55.5 Å². The van der Waals surface area contributed by atoms with Crippen molar-refractivity contribution >= 4 is 5.91 Å². The number of ether oxygens (including phenoxy) is 2. The second kappa shape index (κ2) is 4.67. The summed E-state index contributed by atoms with van der Waals surface area (Å²) >= 11 is 0. The first-order valence-corrected chi connectivity index (χ1v) is 5.66. The molecule has 0 aromatic carbocycles. The van der Waals surface area contributed by atoms with Gasteiger partial charge in [-0.1, -0.05) is 0 Å². The number of hydrogen-bond donors (Lipinski definition) is 2. The van der Waals surface area contributed by atoms with E-state index in [4.69, 9.17) is 20.9 Å². The minimum Gasteiger partial charge on any atom is -0.368 e. The predicted molar refractivity (Wildman–Crippen MR) is 57.5 cm³/mol. The number of nitrogens with zero attached hydrogens (tertiary/aromatic N) is 1. The van der Waals surface area contributed by atoms with Crippen molar-refractivity contribution in [2.45, 2.75) is 24.7 Å². The van der Waals surface area contributed by atoms with Crippen molar-refractivity contribution < 1.29 is 14.3 Å². The lowest BCUT2D eigenvalue weighted by Crippen LogP contribution is -2.54. The third-order valence-electron chi connectivity index (χ3n) is 3.13. The maximum atomic E-state index is 10.9. The highest BCUT2D eigenvalue weighted by molar-refractivity contribution is 5.79. The number of rotatable bonds is 3. The summed E-state index contributed by atoms with van der Waals surface area (Å²) in [6.45, 7) is 3.36. The lowest BCUT2D eigenvalue weighted by Gasteiger charge is -2.39. The van der Waals surface area contributed by atoms with Crippen LogP contribution >= 0.6 is 0 Å². The zero-order chi connectivity index (χ0) is 11.6. The fourth-order valence-electron chi connectivity index (χ4n) is 2.33. The predicted octanol–water partition coefficient (Wildman–Crippen LogP) is -1.36. The molecule has 6 nitrogen and oxygen atoms in total. The van der Waals surface area contributed by atoms with Gasteiger partial charge >= 0.3 is 0 Å². The highest BCUT2D eigenvalue weighted by Crippen LogP contribution is 2.29. The summed E-state index contributed by atoms with van der Waals surface area (Å²) in [6.07, 6.45) is 1.90. The van der Waals surface area contributed by atoms with Crippen LogP contribution in [0.25, 0.3) is 0 Å². The molecule has 2 heterocycles. The molecule has 1 atom stereocenters. The van der Waals surface area contributed by atoms with E-state index in [0.717, 1.165) is 19.4 Å². The Hall–Kier alpha value is -0.690. The molecule has 2 saturated heterocycles. The van der Waals surface area contributed by atoms with Crippen LogP contribution < -0.4 is 11.5 Å². The van der Waals surface area contributed by atoms with Gasteiger partial charge in [-0.25, -0.2) is 0 Å². The van der Waals surface area contributed by atoms with Gasteiger partial charge in [0.05, 0.1) is 25.8 Å². The van der Waals surface area contributed by atoms with Crippen molar-refractivity contribution in [1.82, 2.24) is 4.90 Å². The Labute approximate surface area is 94.8 Å². The second-order valence-corrected chi connectivity index (χ2v) is 4.46. The highest BCUT2D eigenvalue weighted by atomic mass is 16.7. The van der Waals surface area contributed by atoms with Crippen LogP contribution in [0.3, 0.4) is 0 Å². The molecule has 0 aromatic rings. The molecule has 1 spiro atoms. The minimum absolute atomic E-state index is 0.463. The second-order valence-electron chi connectivity index (χ2n) is 4.46. The first-order valence-electron chi connectivity index (χ1n) is 5.66. The van der Waals surface area contributed by atoms with Crippen LogP contribution in [0.4, 0.5) is 0 Å². The summed E-state index contributed by atoms with van der Waals surface area (Å²) in [5.41, 5.74) is 10.8. The van der Waals surface area contributed by atoms with E-state index in [1.165, 1.54) is 0 Å². The Balaban J connectivity index is 1.89. The molecule has 0 saturated carbocycles. The van der Waals surface area contributed by atoms with Crippen molar-refractivity contribution in [3.8, 4) is 0 Å². The number of carbonyl (C=O) groups excluding carboxylic acids is 1. The Bertz CT molecular complexity index is 266. The molecule has 6 heteroatoms. The zero-order valence-corrected chi connectivity index (χ0v) is 9.35. The van der Waals surface area contributed by atoms with Crippen LogP contribution in [0.5, 0.6) is 0 Å². The van der Waals surface area contributed by atoms with Crippen molar-refractivity contribution in [2.75, 3.05) is 32.8 Å². The molecule has 0 aliphatic carbocycles. The van der Waals surface area contributed by atoms with Gasteiger partial charge in [0.15, 0.2) is 5.79 Å². The summed E-state index contributed by atoms with van der Waals surface area (Å²) in [5.74, 6) is -0.928. The van der Waals surface area contributed by atoms with Gasteiger partial charge in [-0.2, -0.15) is 0 Å². The number of hydrogen-bond acceptors (Lipinski definition) is 5. The van der Waals surface area contributed by atoms with Gasteiger partial charge in [0.25, 0.3) is 0 Å². The van der Waals surface area contributed by atoms with Crippen molar-refractivity contribution in [1.29, 1.82) is 0 Å². The molecule has 1 unspecified atom stereocenters. The lowest BCUT2D eigenvalue weighted by atomic mass is 10.0. The van der Waals surface area contributed by atoms with Gasteiger partial charge in [-0.3, -0.25) is 9.69 Å². The molecule has 2 rings (SSSR count). The topological polar surface area (TPSA) is 90.8 Å². The summed E-state index contributed by atoms with van der Waals surface area (Å²) in [4.78, 5) is 13.0. The van der Waals surface area contributed by atoms with E-state index in [1.54, 1.807) is 0 Å². The maximum absolute atomic E-state index is 10.9. The molecule has 1 amide bonds. The molecule has 0 aromatic heterocycles. The number of amides is 1. The molecule has 2 fully saturated rings. The normalized spacial score (nSPS) is 27.1. The summed E-state index contributed by atoms with van der Waals surface area (Å²) in [6, 6.07) is -0.614. The quantitative estimate of drug-likeness (QED) is 0.623. The fraction of sp³-hybridized carbons (Fsp3) is 0.900. The molecule has 2 aliphatic rings. The number of piperidine rings is 1. The third kappa shape index (κ3) is 2.52. The lowest BCUT2D eigenvalue weighted by molar-refractivity contribution is -0.189. The Morgan fingerprint density at radius 2 is 2.12 bits per heavy atom. The molecular weight excluding hydrogens is 210 g/mol. The van der Waals surface area contributed by atoms with E-state index in [-0.39, 0.29) is 0 Å². The van der Waals surface area contributed by atoms with Crippen LogP contribution in [0.15, 0.2) is 0 Å². The molecule has 0 radical (unpaired) electrons. The van der Waals surface area contributed by atoms with Gasteiger partial charge < -0.3 is 20.9 Å². The molecular formula is C10H19N3O3. The molecule has 92 valence electrons. The van der Waals surface area contributed by atoms with Gasteiger partial charge in [0, 0.05) is 13.0 Å². The number of likely N-dealkylation sites (tertiary alicyclic amines) is 1. The van der Waals surface area contributed by atoms with Crippen LogP contribution in [0, 0.1) is 0 Å². The van der Waals surface area contributed by atoms with E-state index in [1.807, 2.05) is 0 Å². The van der Waals surface area contributed by atoms with Crippen molar-refractivity contribution in [2.24, 2.45) is 11.5 Å². The first-order chi connectivity index (χ1) is 7.61. The minimum atomic E-state index is -0.614. The number of nitrogens with two attached hydrogens (primary N) is 2. The monoisotopic (exact) mass is 229 g/mol. The molecule has 0 bridgehead atoms. The van der Waals surface area contributed by atoms with E-state index < -0.39 is 17.7 Å². The van der Waals surface area contributed by atoms with Crippen LogP contribution in [-0.2, 0) is 14.3 Å². The van der Waals surface area contributed by atoms with E-state index >= 15 is 0 Å². The van der Waals surface area contributed by atoms with Gasteiger partial charge in [0.2, 0.25) is 5.91 Å². The Morgan fingerprint density at radius 3 is 2.75 bits per heavy atom. The van der Waals surface area contributed by atoms with Gasteiger partial charge in [0.1, 0.15) is 0 Å². The van der Waals surface area contributed by atoms with Gasteiger partial charge in [-0.05, 0) is 13.0 Å². The highest BCUT2D eigenvalue weighted by Gasteiger charge is 2.40. The fourth-order valence-corrected chi connectivity index (χ4v) is 2.33. The smallest absolute Gasteiger partial charge is 0.235 e. The van der Waals surface area contributed by atoms with Crippen LogP contribution in [0.2, 0.25) is 0 Å². The van der Waals surface area contributed by atoms with Crippen LogP contribution in [0.1, 0.15) is 12.8 Å². The number of carbonyl (C=O) groups is 1. The average Bonchev–Trinajstić information content (AvgIpc) is 2.66. The van der Waals surface area contributed by atoms with Crippen molar-refractivity contribution in [3.05, 3.63) is 0 Å². The van der Waals surface area contributed by atoms with Crippen molar-refractivity contribution in [3.63, 3.8) is 0 Å². The number of primary amides is 1. The first kappa shape index (κ1) is 11.8. The summed E-state index contributed by atoms with van der Waals surface area (Å²) < 4.78 is 11.3. The van der Waals surface area contributed by atoms with Gasteiger partial charge in [-0.15, -0.1) is 0 Å². The maximum Gasteiger partial charge on any atom is 0.235 e. The van der Waals surface area contributed by atoms with E-state index in [9.17, 15) is 4.79 Å². The summed E-state index contributed by atoms with van der Waals surface area (Å²) in [5, 5.41) is 0. The largest absolute Gasteiger partial charge is 0.368 e. The standard InChI is InChI=1S/C10H19N3O3/c11-8(9(12)14)6-13-3-1-2-10(7-13)15-4-5-16-10/h8H,1-7,11H2,(H2,12,14). The third-order valence-corrected chi connectivity index (χ3v) is 3.13.